The third kappa shape index (κ3) is 4.37. The first kappa shape index (κ1) is 21.6. The summed E-state index contributed by atoms with van der Waals surface area (Å²) in [5.41, 5.74) is 2.82. The monoisotopic (exact) mass is 428 g/mol. The van der Waals surface area contributed by atoms with Crippen molar-refractivity contribution in [2.45, 2.75) is 18.9 Å². The zero-order valence-corrected chi connectivity index (χ0v) is 18.5. The molecule has 2 amide bonds. The molecule has 3 aromatic rings. The Bertz CT molecular complexity index is 1030. The predicted molar refractivity (Wildman–Crippen MR) is 124 cm³/mol. The van der Waals surface area contributed by atoms with Crippen LogP contribution < -0.4 is 4.74 Å². The first-order valence-electron chi connectivity index (χ1n) is 10.9. The highest BCUT2D eigenvalue weighted by atomic mass is 16.5. The summed E-state index contributed by atoms with van der Waals surface area (Å²) in [5.74, 6) is 0.344. The van der Waals surface area contributed by atoms with Crippen LogP contribution in [-0.2, 0) is 9.59 Å². The summed E-state index contributed by atoms with van der Waals surface area (Å²) >= 11 is 0. The Balaban J connectivity index is 1.77. The lowest BCUT2D eigenvalue weighted by molar-refractivity contribution is -0.142. The van der Waals surface area contributed by atoms with E-state index in [2.05, 4.69) is 0 Å². The van der Waals surface area contributed by atoms with Gasteiger partial charge >= 0.3 is 0 Å². The molecular formula is C27H28N2O3. The number of hydrogen-bond donors (Lipinski definition) is 0. The maximum absolute atomic E-state index is 14.1. The number of hydrogen-bond acceptors (Lipinski definition) is 3. The first-order valence-corrected chi connectivity index (χ1v) is 10.9. The van der Waals surface area contributed by atoms with Gasteiger partial charge in [-0.25, -0.2) is 0 Å². The Morgan fingerprint density at radius 1 is 0.844 bits per heavy atom. The van der Waals surface area contributed by atoms with Gasteiger partial charge in [0.25, 0.3) is 0 Å². The van der Waals surface area contributed by atoms with E-state index in [0.29, 0.717) is 19.6 Å². The molecule has 1 atom stereocenters. The molecule has 4 rings (SSSR count). The summed E-state index contributed by atoms with van der Waals surface area (Å²) in [7, 11) is 1.63. The molecule has 5 nitrogen and oxygen atoms in total. The summed E-state index contributed by atoms with van der Waals surface area (Å²) in [6.07, 6.45) is 0. The second-order valence-electron chi connectivity index (χ2n) is 8.01. The topological polar surface area (TPSA) is 49.9 Å². The smallest absolute Gasteiger partial charge is 0.235 e. The standard InChI is InChI=1S/C27H28N2O3/c1-20(30)28-17-18-29(24(19-28)23-15-9-10-16-25(23)32-2)27(31)26(21-11-5-3-6-12-21)22-13-7-4-8-14-22/h3-16,24,26H,17-19H2,1-2H3/t24-/m0/s1. The quantitative estimate of drug-likeness (QED) is 0.610. The van der Waals surface area contributed by atoms with Crippen molar-refractivity contribution in [3.05, 3.63) is 102 Å². The first-order chi connectivity index (χ1) is 15.6. The number of carbonyl (C=O) groups excluding carboxylic acids is 2. The van der Waals surface area contributed by atoms with E-state index in [0.717, 1.165) is 22.4 Å². The van der Waals surface area contributed by atoms with Crippen molar-refractivity contribution in [1.29, 1.82) is 0 Å². The molecule has 0 aromatic heterocycles. The van der Waals surface area contributed by atoms with Crippen molar-refractivity contribution < 1.29 is 14.3 Å². The van der Waals surface area contributed by atoms with Gasteiger partial charge in [0.05, 0.1) is 19.1 Å². The Hall–Kier alpha value is -3.60. The van der Waals surface area contributed by atoms with Crippen LogP contribution >= 0.6 is 0 Å². The van der Waals surface area contributed by atoms with Crippen LogP contribution in [0.3, 0.4) is 0 Å². The Labute approximate surface area is 189 Å². The van der Waals surface area contributed by atoms with Crippen molar-refractivity contribution in [3.8, 4) is 5.75 Å². The average Bonchev–Trinajstić information content (AvgIpc) is 2.85. The molecule has 164 valence electrons. The molecule has 0 saturated carbocycles. The van der Waals surface area contributed by atoms with E-state index in [-0.39, 0.29) is 17.9 Å². The van der Waals surface area contributed by atoms with Gasteiger partial charge in [-0.2, -0.15) is 0 Å². The van der Waals surface area contributed by atoms with Gasteiger partial charge in [0.2, 0.25) is 11.8 Å². The fourth-order valence-corrected chi connectivity index (χ4v) is 4.48. The van der Waals surface area contributed by atoms with Crippen LogP contribution in [0.15, 0.2) is 84.9 Å². The fourth-order valence-electron chi connectivity index (χ4n) is 4.48. The number of carbonyl (C=O) groups is 2. The molecule has 0 aliphatic carbocycles. The second-order valence-corrected chi connectivity index (χ2v) is 8.01. The fraction of sp³-hybridized carbons (Fsp3) is 0.259. The van der Waals surface area contributed by atoms with E-state index in [1.54, 1.807) is 18.9 Å². The number of nitrogens with zero attached hydrogens (tertiary/aromatic N) is 2. The zero-order valence-electron chi connectivity index (χ0n) is 18.5. The van der Waals surface area contributed by atoms with E-state index in [1.807, 2.05) is 89.8 Å². The normalized spacial score (nSPS) is 16.2. The van der Waals surface area contributed by atoms with Gasteiger partial charge in [-0.15, -0.1) is 0 Å². The number of para-hydroxylation sites is 1. The van der Waals surface area contributed by atoms with E-state index in [1.165, 1.54) is 0 Å². The largest absolute Gasteiger partial charge is 0.496 e. The number of rotatable bonds is 5. The molecule has 5 heteroatoms. The lowest BCUT2D eigenvalue weighted by atomic mass is 9.88. The zero-order chi connectivity index (χ0) is 22.5. The Morgan fingerprint density at radius 3 is 1.97 bits per heavy atom. The molecule has 0 unspecified atom stereocenters. The Morgan fingerprint density at radius 2 is 1.41 bits per heavy atom. The van der Waals surface area contributed by atoms with E-state index < -0.39 is 5.92 Å². The molecule has 1 saturated heterocycles. The highest BCUT2D eigenvalue weighted by Crippen LogP contribution is 2.36. The SMILES string of the molecule is COc1ccccc1[C@@H]1CN(C(C)=O)CCN1C(=O)C(c1ccccc1)c1ccccc1. The highest BCUT2D eigenvalue weighted by molar-refractivity contribution is 5.88. The van der Waals surface area contributed by atoms with Crippen LogP contribution in [0.2, 0.25) is 0 Å². The highest BCUT2D eigenvalue weighted by Gasteiger charge is 2.37. The molecule has 3 aromatic carbocycles. The van der Waals surface area contributed by atoms with Crippen LogP contribution in [0.1, 0.15) is 35.6 Å². The Kier molecular flexibility index (Phi) is 6.55. The number of benzene rings is 3. The lowest BCUT2D eigenvalue weighted by Crippen LogP contribution is -2.53. The molecule has 1 heterocycles. The number of methoxy groups -OCH3 is 1. The average molecular weight is 429 g/mol. The molecule has 32 heavy (non-hydrogen) atoms. The lowest BCUT2D eigenvalue weighted by Gasteiger charge is -2.43. The van der Waals surface area contributed by atoms with Gasteiger partial charge in [-0.1, -0.05) is 78.9 Å². The third-order valence-corrected chi connectivity index (χ3v) is 6.12. The minimum Gasteiger partial charge on any atom is -0.496 e. The summed E-state index contributed by atoms with van der Waals surface area (Å²) < 4.78 is 5.61. The predicted octanol–water partition coefficient (Wildman–Crippen LogP) is 4.26. The molecule has 0 bridgehead atoms. The van der Waals surface area contributed by atoms with E-state index in [4.69, 9.17) is 4.74 Å². The van der Waals surface area contributed by atoms with Gasteiger partial charge in [0, 0.05) is 32.1 Å². The van der Waals surface area contributed by atoms with E-state index >= 15 is 0 Å². The minimum absolute atomic E-state index is 0.0136. The maximum atomic E-state index is 14.1. The molecule has 1 fully saturated rings. The second kappa shape index (κ2) is 9.69. The maximum Gasteiger partial charge on any atom is 0.235 e. The molecular weight excluding hydrogens is 400 g/mol. The molecule has 0 spiro atoms. The number of ether oxygens (including phenoxy) is 1. The van der Waals surface area contributed by atoms with Gasteiger partial charge in [0.1, 0.15) is 5.75 Å². The van der Waals surface area contributed by atoms with Gasteiger partial charge < -0.3 is 14.5 Å². The van der Waals surface area contributed by atoms with Crippen molar-refractivity contribution in [1.82, 2.24) is 9.80 Å². The van der Waals surface area contributed by atoms with Crippen LogP contribution in [-0.4, -0.2) is 48.4 Å². The van der Waals surface area contributed by atoms with Crippen LogP contribution in [0.25, 0.3) is 0 Å². The van der Waals surface area contributed by atoms with Crippen molar-refractivity contribution in [2.24, 2.45) is 0 Å². The van der Waals surface area contributed by atoms with Crippen molar-refractivity contribution in [2.75, 3.05) is 26.7 Å². The summed E-state index contributed by atoms with van der Waals surface area (Å²) in [6, 6.07) is 27.2. The molecule has 1 aliphatic heterocycles. The molecule has 1 aliphatic rings. The van der Waals surface area contributed by atoms with E-state index in [9.17, 15) is 9.59 Å². The summed E-state index contributed by atoms with van der Waals surface area (Å²) in [6.45, 7) is 3.01. The summed E-state index contributed by atoms with van der Waals surface area (Å²) in [4.78, 5) is 30.0. The number of piperazine rings is 1. The molecule has 0 N–H and O–H groups in total. The van der Waals surface area contributed by atoms with Gasteiger partial charge in [-0.05, 0) is 17.2 Å². The molecule has 0 radical (unpaired) electrons. The minimum atomic E-state index is -0.418. The van der Waals surface area contributed by atoms with Crippen LogP contribution in [0, 0.1) is 0 Å². The van der Waals surface area contributed by atoms with Gasteiger partial charge in [-0.3, -0.25) is 9.59 Å². The van der Waals surface area contributed by atoms with Crippen molar-refractivity contribution >= 4 is 11.8 Å². The van der Waals surface area contributed by atoms with Crippen LogP contribution in [0.4, 0.5) is 0 Å². The summed E-state index contributed by atoms with van der Waals surface area (Å²) in [5, 5.41) is 0. The van der Waals surface area contributed by atoms with Gasteiger partial charge in [0.15, 0.2) is 0 Å². The van der Waals surface area contributed by atoms with Crippen molar-refractivity contribution in [3.63, 3.8) is 0 Å². The number of amides is 2. The van der Waals surface area contributed by atoms with Crippen LogP contribution in [0.5, 0.6) is 5.75 Å². The third-order valence-electron chi connectivity index (χ3n) is 6.12.